The first-order valence-electron chi connectivity index (χ1n) is 3.41. The van der Waals surface area contributed by atoms with E-state index in [0.29, 0.717) is 6.42 Å². The summed E-state index contributed by atoms with van der Waals surface area (Å²) in [5.74, 6) is -0.0226. The summed E-state index contributed by atoms with van der Waals surface area (Å²) in [5, 5.41) is 12.1. The zero-order valence-electron chi connectivity index (χ0n) is 6.40. The lowest BCUT2D eigenvalue weighted by Crippen LogP contribution is -2.15. The minimum Gasteiger partial charge on any atom is -0.393 e. The molecule has 1 atom stereocenters. The first-order valence-corrected chi connectivity index (χ1v) is 3.41. The Balaban J connectivity index is 3.59. The number of nitrogens with zero attached hydrogens (tertiary/aromatic N) is 3. The van der Waals surface area contributed by atoms with Crippen molar-refractivity contribution in [2.45, 2.75) is 25.9 Å². The summed E-state index contributed by atoms with van der Waals surface area (Å²) < 4.78 is 0. The van der Waals surface area contributed by atoms with Gasteiger partial charge in [-0.25, -0.2) is 0 Å². The van der Waals surface area contributed by atoms with E-state index < -0.39 is 6.10 Å². The molecule has 0 fully saturated rings. The number of hydrogen-bond acceptors (Lipinski definition) is 3. The summed E-state index contributed by atoms with van der Waals surface area (Å²) in [6.45, 7) is 1.70. The van der Waals surface area contributed by atoms with Gasteiger partial charge in [0, 0.05) is 17.8 Å². The highest BCUT2D eigenvalue weighted by Crippen LogP contribution is 1.96. The molecular formula is C6H11N3O2. The highest BCUT2D eigenvalue weighted by molar-refractivity contribution is 5.78. The molecule has 5 heteroatoms. The molecule has 0 bridgehead atoms. The van der Waals surface area contributed by atoms with Crippen LogP contribution in [0.2, 0.25) is 0 Å². The Labute approximate surface area is 64.7 Å². The van der Waals surface area contributed by atoms with Gasteiger partial charge in [0.05, 0.1) is 12.6 Å². The smallest absolute Gasteiger partial charge is 0.135 e. The van der Waals surface area contributed by atoms with Crippen LogP contribution in [0, 0.1) is 0 Å². The zero-order chi connectivity index (χ0) is 8.69. The average Bonchev–Trinajstić information content (AvgIpc) is 2.00. The van der Waals surface area contributed by atoms with Crippen LogP contribution in [0.25, 0.3) is 10.4 Å². The van der Waals surface area contributed by atoms with Gasteiger partial charge in [0.25, 0.3) is 0 Å². The second kappa shape index (κ2) is 5.70. The Morgan fingerprint density at radius 3 is 2.91 bits per heavy atom. The molecule has 1 N–H and O–H groups in total. The van der Waals surface area contributed by atoms with Crippen LogP contribution >= 0.6 is 0 Å². The molecule has 0 aromatic carbocycles. The van der Waals surface area contributed by atoms with Crippen LogP contribution in [0.1, 0.15) is 19.8 Å². The fourth-order valence-electron chi connectivity index (χ4n) is 0.602. The number of carbonyl (C=O) groups excluding carboxylic acids is 1. The molecule has 62 valence electrons. The summed E-state index contributed by atoms with van der Waals surface area (Å²) in [6, 6.07) is 0. The summed E-state index contributed by atoms with van der Waals surface area (Å²) in [4.78, 5) is 13.2. The first-order chi connectivity index (χ1) is 5.20. The fraction of sp³-hybridized carbons (Fsp3) is 0.833. The largest absolute Gasteiger partial charge is 0.393 e. The van der Waals surface area contributed by atoms with Crippen molar-refractivity contribution in [3.63, 3.8) is 0 Å². The van der Waals surface area contributed by atoms with Crippen LogP contribution < -0.4 is 0 Å². The van der Waals surface area contributed by atoms with Gasteiger partial charge in [-0.1, -0.05) is 12.0 Å². The maximum absolute atomic E-state index is 10.7. The quantitative estimate of drug-likeness (QED) is 0.367. The Morgan fingerprint density at radius 1 is 1.82 bits per heavy atom. The molecule has 0 saturated heterocycles. The third-order valence-electron chi connectivity index (χ3n) is 1.21. The number of carbonyl (C=O) groups is 1. The predicted molar refractivity (Wildman–Crippen MR) is 39.9 cm³/mol. The summed E-state index contributed by atoms with van der Waals surface area (Å²) in [7, 11) is 0. The zero-order valence-corrected chi connectivity index (χ0v) is 6.40. The van der Waals surface area contributed by atoms with Crippen molar-refractivity contribution < 1.29 is 9.90 Å². The average molecular weight is 157 g/mol. The second-order valence-corrected chi connectivity index (χ2v) is 2.16. The Kier molecular flexibility index (Phi) is 5.15. The van der Waals surface area contributed by atoms with E-state index in [9.17, 15) is 4.79 Å². The molecule has 0 spiro atoms. The second-order valence-electron chi connectivity index (χ2n) is 2.16. The van der Waals surface area contributed by atoms with E-state index in [0.717, 1.165) is 0 Å². The van der Waals surface area contributed by atoms with Gasteiger partial charge in [-0.05, 0) is 5.53 Å². The number of aliphatic hydroxyl groups excluding tert-OH is 1. The van der Waals surface area contributed by atoms with E-state index in [1.165, 1.54) is 0 Å². The van der Waals surface area contributed by atoms with Gasteiger partial charge < -0.3 is 5.11 Å². The highest BCUT2D eigenvalue weighted by atomic mass is 16.3. The minimum atomic E-state index is -0.821. The molecule has 0 aliphatic rings. The van der Waals surface area contributed by atoms with Gasteiger partial charge in [-0.15, -0.1) is 0 Å². The summed E-state index contributed by atoms with van der Waals surface area (Å²) >= 11 is 0. The molecule has 0 rings (SSSR count). The summed E-state index contributed by atoms with van der Waals surface area (Å²) in [6.07, 6.45) is -0.332. The van der Waals surface area contributed by atoms with Crippen molar-refractivity contribution in [1.29, 1.82) is 0 Å². The molecule has 0 heterocycles. The topological polar surface area (TPSA) is 86.1 Å². The van der Waals surface area contributed by atoms with Crippen LogP contribution in [-0.4, -0.2) is 23.5 Å². The lowest BCUT2D eigenvalue weighted by Gasteiger charge is -2.03. The third kappa shape index (κ3) is 5.39. The first kappa shape index (κ1) is 9.94. The molecule has 0 aromatic rings. The van der Waals surface area contributed by atoms with Gasteiger partial charge in [0.2, 0.25) is 0 Å². The van der Waals surface area contributed by atoms with Crippen molar-refractivity contribution in [3.8, 4) is 0 Å². The SMILES string of the molecule is CCC(=O)CC(O)CN=[N+]=[N-]. The van der Waals surface area contributed by atoms with Gasteiger partial charge in [-0.3, -0.25) is 4.79 Å². The van der Waals surface area contributed by atoms with E-state index >= 15 is 0 Å². The van der Waals surface area contributed by atoms with Crippen molar-refractivity contribution in [1.82, 2.24) is 0 Å². The van der Waals surface area contributed by atoms with Crippen LogP contribution in [0.4, 0.5) is 0 Å². The number of rotatable bonds is 5. The molecule has 0 aliphatic heterocycles. The van der Waals surface area contributed by atoms with Gasteiger partial charge in [0.15, 0.2) is 0 Å². The highest BCUT2D eigenvalue weighted by Gasteiger charge is 2.06. The van der Waals surface area contributed by atoms with E-state index in [2.05, 4.69) is 10.0 Å². The van der Waals surface area contributed by atoms with Gasteiger partial charge in [0.1, 0.15) is 5.78 Å². The molecule has 11 heavy (non-hydrogen) atoms. The van der Waals surface area contributed by atoms with E-state index in [1.807, 2.05) is 0 Å². The number of azide groups is 1. The number of ketones is 1. The maximum atomic E-state index is 10.7. The molecule has 0 aliphatic carbocycles. The van der Waals surface area contributed by atoms with Crippen LogP contribution in [0.3, 0.4) is 0 Å². The van der Waals surface area contributed by atoms with E-state index in [1.54, 1.807) is 6.92 Å². The lowest BCUT2D eigenvalue weighted by atomic mass is 10.1. The standard InChI is InChI=1S/C6H11N3O2/c1-2-5(10)3-6(11)4-8-9-7/h6,11H,2-4H2,1H3. The van der Waals surface area contributed by atoms with Crippen molar-refractivity contribution in [3.05, 3.63) is 10.4 Å². The molecule has 1 unspecified atom stereocenters. The lowest BCUT2D eigenvalue weighted by molar-refractivity contribution is -0.120. The summed E-state index contributed by atoms with van der Waals surface area (Å²) in [5.41, 5.74) is 7.87. The normalized spacial score (nSPS) is 11.8. The number of Topliss-reactive ketones (excluding diaryl/α,β-unsaturated/α-hetero) is 1. The molecule has 5 nitrogen and oxygen atoms in total. The number of aliphatic hydroxyl groups is 1. The predicted octanol–water partition coefficient (Wildman–Crippen LogP) is 1.03. The van der Waals surface area contributed by atoms with Crippen LogP contribution in [0.5, 0.6) is 0 Å². The minimum absolute atomic E-state index is 0.0226. The van der Waals surface area contributed by atoms with Crippen LogP contribution in [-0.2, 0) is 4.79 Å². The number of hydrogen-bond donors (Lipinski definition) is 1. The van der Waals surface area contributed by atoms with Crippen molar-refractivity contribution in [2.75, 3.05) is 6.54 Å². The van der Waals surface area contributed by atoms with Crippen LogP contribution in [0.15, 0.2) is 5.11 Å². The van der Waals surface area contributed by atoms with E-state index in [4.69, 9.17) is 10.6 Å². The molecular weight excluding hydrogens is 146 g/mol. The monoisotopic (exact) mass is 157 g/mol. The Hall–Kier alpha value is -1.06. The van der Waals surface area contributed by atoms with E-state index in [-0.39, 0.29) is 18.7 Å². The molecule has 0 radical (unpaired) electrons. The molecule has 0 aromatic heterocycles. The van der Waals surface area contributed by atoms with Gasteiger partial charge in [-0.2, -0.15) is 0 Å². The van der Waals surface area contributed by atoms with Gasteiger partial charge >= 0.3 is 0 Å². The molecule has 0 amide bonds. The Morgan fingerprint density at radius 2 is 2.45 bits per heavy atom. The maximum Gasteiger partial charge on any atom is 0.135 e. The Bertz CT molecular complexity index is 175. The molecule has 0 saturated carbocycles. The van der Waals surface area contributed by atoms with Crippen molar-refractivity contribution >= 4 is 5.78 Å². The third-order valence-corrected chi connectivity index (χ3v) is 1.21. The fourth-order valence-corrected chi connectivity index (χ4v) is 0.602. The van der Waals surface area contributed by atoms with Crippen molar-refractivity contribution in [2.24, 2.45) is 5.11 Å².